The highest BCUT2D eigenvalue weighted by molar-refractivity contribution is 7.89. The SMILES string of the molecule is Cc1ccc(NC(=O)Nc2cccc(S(N)(=O)=O)c2)cc1NC(=O)Nc1cccc(S(N)(=O)=O)c1. The fourth-order valence-electron chi connectivity index (χ4n) is 2.91. The lowest BCUT2D eigenvalue weighted by atomic mass is 10.2. The second-order valence-electron chi connectivity index (χ2n) is 7.33. The van der Waals surface area contributed by atoms with Crippen LogP contribution in [0.1, 0.15) is 5.56 Å². The molecule has 0 aliphatic carbocycles. The lowest BCUT2D eigenvalue weighted by molar-refractivity contribution is 0.261. The zero-order chi connectivity index (χ0) is 25.8. The van der Waals surface area contributed by atoms with Gasteiger partial charge in [0.1, 0.15) is 0 Å². The highest BCUT2D eigenvalue weighted by Gasteiger charge is 2.12. The Morgan fingerprint density at radius 1 is 0.629 bits per heavy atom. The number of nitrogens with one attached hydrogen (secondary N) is 4. The maximum Gasteiger partial charge on any atom is 0.323 e. The largest absolute Gasteiger partial charge is 0.323 e. The van der Waals surface area contributed by atoms with Crippen molar-refractivity contribution < 1.29 is 26.4 Å². The molecule has 184 valence electrons. The molecule has 0 unspecified atom stereocenters. The van der Waals surface area contributed by atoms with Gasteiger partial charge in [0.15, 0.2) is 0 Å². The fraction of sp³-hybridized carbons (Fsp3) is 0.0476. The summed E-state index contributed by atoms with van der Waals surface area (Å²) in [4.78, 5) is 24.5. The molecule has 0 saturated heterocycles. The molecule has 0 atom stereocenters. The topological polar surface area (TPSA) is 203 Å². The van der Waals surface area contributed by atoms with Crippen LogP contribution in [0.25, 0.3) is 0 Å². The number of nitrogens with two attached hydrogens (primary N) is 2. The van der Waals surface area contributed by atoms with E-state index in [1.807, 2.05) is 0 Å². The van der Waals surface area contributed by atoms with Crippen molar-refractivity contribution in [3.63, 3.8) is 0 Å². The van der Waals surface area contributed by atoms with Gasteiger partial charge in [-0.25, -0.2) is 36.7 Å². The van der Waals surface area contributed by atoms with E-state index < -0.39 is 32.1 Å². The third-order valence-electron chi connectivity index (χ3n) is 4.58. The Morgan fingerprint density at radius 3 is 1.51 bits per heavy atom. The number of hydrogen-bond acceptors (Lipinski definition) is 6. The first-order chi connectivity index (χ1) is 16.3. The molecule has 35 heavy (non-hydrogen) atoms. The van der Waals surface area contributed by atoms with Crippen LogP contribution in [0.2, 0.25) is 0 Å². The van der Waals surface area contributed by atoms with Gasteiger partial charge in [-0.05, 0) is 61.0 Å². The molecule has 3 aromatic rings. The van der Waals surface area contributed by atoms with Gasteiger partial charge in [-0.15, -0.1) is 0 Å². The predicted octanol–water partition coefficient (Wildman–Crippen LogP) is 2.58. The van der Waals surface area contributed by atoms with Crippen LogP contribution in [0.3, 0.4) is 0 Å². The van der Waals surface area contributed by atoms with Crippen LogP contribution in [-0.4, -0.2) is 28.9 Å². The molecule has 0 fully saturated rings. The number of rotatable bonds is 6. The number of amides is 4. The summed E-state index contributed by atoms with van der Waals surface area (Å²) in [6.45, 7) is 1.74. The molecule has 0 heterocycles. The van der Waals surface area contributed by atoms with Crippen molar-refractivity contribution in [2.24, 2.45) is 10.3 Å². The van der Waals surface area contributed by atoms with Gasteiger partial charge in [-0.1, -0.05) is 18.2 Å². The number of sulfonamides is 2. The van der Waals surface area contributed by atoms with Gasteiger partial charge < -0.3 is 21.3 Å². The Labute approximate surface area is 201 Å². The summed E-state index contributed by atoms with van der Waals surface area (Å²) in [5.74, 6) is 0. The Hall–Kier alpha value is -3.98. The van der Waals surface area contributed by atoms with Gasteiger partial charge >= 0.3 is 12.1 Å². The summed E-state index contributed by atoms with van der Waals surface area (Å²) in [5.41, 5.74) is 1.81. The number of aryl methyl sites for hydroxylation is 1. The van der Waals surface area contributed by atoms with Crippen LogP contribution in [0.5, 0.6) is 0 Å². The van der Waals surface area contributed by atoms with Crippen LogP contribution in [0, 0.1) is 6.92 Å². The van der Waals surface area contributed by atoms with E-state index in [2.05, 4.69) is 21.3 Å². The monoisotopic (exact) mass is 518 g/mol. The first-order valence-corrected chi connectivity index (χ1v) is 12.9. The second kappa shape index (κ2) is 10.1. The van der Waals surface area contributed by atoms with E-state index in [9.17, 15) is 26.4 Å². The molecule has 0 saturated carbocycles. The average Bonchev–Trinajstić information content (AvgIpc) is 2.75. The maximum atomic E-state index is 12.4. The standard InChI is InChI=1S/C21H22N6O6S2/c1-13-8-9-16(26-20(28)24-14-4-2-6-17(10-14)34(22,30)31)12-19(13)27-21(29)25-15-5-3-7-18(11-15)35(23,32)33/h2-12H,1H3,(H2,22,30,31)(H2,23,32,33)(H2,24,26,28)(H2,25,27,29). The molecule has 0 radical (unpaired) electrons. The molecule has 3 rings (SSSR count). The zero-order valence-electron chi connectivity index (χ0n) is 18.3. The molecule has 12 nitrogen and oxygen atoms in total. The first kappa shape index (κ1) is 25.6. The minimum atomic E-state index is -3.93. The zero-order valence-corrected chi connectivity index (χ0v) is 19.9. The number of benzene rings is 3. The van der Waals surface area contributed by atoms with E-state index >= 15 is 0 Å². The molecule has 0 aliphatic rings. The van der Waals surface area contributed by atoms with Crippen molar-refractivity contribution >= 4 is 54.9 Å². The van der Waals surface area contributed by atoms with Crippen LogP contribution in [0.4, 0.5) is 32.3 Å². The summed E-state index contributed by atoms with van der Waals surface area (Å²) < 4.78 is 45.9. The minimum absolute atomic E-state index is 0.154. The van der Waals surface area contributed by atoms with E-state index in [0.29, 0.717) is 16.9 Å². The Balaban J connectivity index is 1.68. The maximum absolute atomic E-state index is 12.4. The number of anilines is 4. The Kier molecular flexibility index (Phi) is 7.40. The molecular formula is C21H22N6O6S2. The third-order valence-corrected chi connectivity index (χ3v) is 6.41. The smallest absolute Gasteiger partial charge is 0.308 e. The van der Waals surface area contributed by atoms with E-state index in [1.165, 1.54) is 54.6 Å². The summed E-state index contributed by atoms with van der Waals surface area (Å²) >= 11 is 0. The number of carbonyl (C=O) groups is 2. The molecule has 8 N–H and O–H groups in total. The molecule has 4 amide bonds. The van der Waals surface area contributed by atoms with Gasteiger partial charge in [-0.2, -0.15) is 0 Å². The van der Waals surface area contributed by atoms with Gasteiger partial charge in [0.25, 0.3) is 0 Å². The second-order valence-corrected chi connectivity index (χ2v) is 10.5. The molecule has 0 spiro atoms. The number of hydrogen-bond donors (Lipinski definition) is 6. The van der Waals surface area contributed by atoms with Gasteiger partial charge in [-0.3, -0.25) is 0 Å². The van der Waals surface area contributed by atoms with Crippen LogP contribution in [0.15, 0.2) is 76.5 Å². The highest BCUT2D eigenvalue weighted by atomic mass is 32.2. The molecule has 3 aromatic carbocycles. The molecule has 14 heteroatoms. The van der Waals surface area contributed by atoms with E-state index in [1.54, 1.807) is 19.1 Å². The van der Waals surface area contributed by atoms with Crippen LogP contribution in [-0.2, 0) is 20.0 Å². The van der Waals surface area contributed by atoms with Crippen molar-refractivity contribution in [1.82, 2.24) is 0 Å². The summed E-state index contributed by atoms with van der Waals surface area (Å²) in [7, 11) is -7.86. The quantitative estimate of drug-likeness (QED) is 0.289. The van der Waals surface area contributed by atoms with Gasteiger partial charge in [0.2, 0.25) is 20.0 Å². The third kappa shape index (κ3) is 7.25. The number of carbonyl (C=O) groups excluding carboxylic acids is 2. The number of urea groups is 2. The van der Waals surface area contributed by atoms with Crippen molar-refractivity contribution in [3.05, 3.63) is 72.3 Å². The molecular weight excluding hydrogens is 496 g/mol. The highest BCUT2D eigenvalue weighted by Crippen LogP contribution is 2.22. The number of primary sulfonamides is 2. The van der Waals surface area contributed by atoms with Crippen molar-refractivity contribution in [3.8, 4) is 0 Å². The Bertz CT molecular complexity index is 1510. The molecule has 0 aliphatic heterocycles. The molecule has 0 bridgehead atoms. The lowest BCUT2D eigenvalue weighted by Gasteiger charge is -2.13. The molecule has 0 aromatic heterocycles. The van der Waals surface area contributed by atoms with Crippen LogP contribution < -0.4 is 31.5 Å². The summed E-state index contributed by atoms with van der Waals surface area (Å²) in [6.07, 6.45) is 0. The predicted molar refractivity (Wildman–Crippen MR) is 132 cm³/mol. The van der Waals surface area contributed by atoms with Crippen molar-refractivity contribution in [1.29, 1.82) is 0 Å². The average molecular weight is 519 g/mol. The van der Waals surface area contributed by atoms with Gasteiger partial charge in [0.05, 0.1) is 9.79 Å². The first-order valence-electron chi connectivity index (χ1n) is 9.84. The van der Waals surface area contributed by atoms with Crippen molar-refractivity contribution in [2.75, 3.05) is 21.3 Å². The van der Waals surface area contributed by atoms with E-state index in [0.717, 1.165) is 0 Å². The fourth-order valence-corrected chi connectivity index (χ4v) is 4.03. The summed E-state index contributed by atoms with van der Waals surface area (Å²) in [5, 5.41) is 20.4. The van der Waals surface area contributed by atoms with Crippen LogP contribution >= 0.6 is 0 Å². The lowest BCUT2D eigenvalue weighted by Crippen LogP contribution is -2.22. The van der Waals surface area contributed by atoms with Crippen molar-refractivity contribution in [2.45, 2.75) is 16.7 Å². The Morgan fingerprint density at radius 2 is 1.06 bits per heavy atom. The summed E-state index contributed by atoms with van der Waals surface area (Å²) in [6, 6.07) is 14.3. The minimum Gasteiger partial charge on any atom is -0.308 e. The van der Waals surface area contributed by atoms with E-state index in [4.69, 9.17) is 10.3 Å². The van der Waals surface area contributed by atoms with E-state index in [-0.39, 0.29) is 21.2 Å². The van der Waals surface area contributed by atoms with Gasteiger partial charge in [0, 0.05) is 22.7 Å². The normalized spacial score (nSPS) is 11.4.